The third-order valence-electron chi connectivity index (χ3n) is 7.19. The van der Waals surface area contributed by atoms with Gasteiger partial charge in [0.15, 0.2) is 11.0 Å². The first-order valence-corrected chi connectivity index (χ1v) is 15.2. The van der Waals surface area contributed by atoms with Crippen molar-refractivity contribution in [2.45, 2.75) is 37.9 Å². The largest absolute Gasteiger partial charge is 0.497 e. The van der Waals surface area contributed by atoms with Gasteiger partial charge in [0.05, 0.1) is 18.6 Å². The lowest BCUT2D eigenvalue weighted by atomic mass is 10.0. The second-order valence-electron chi connectivity index (χ2n) is 10.4. The molecule has 7 heteroatoms. The minimum absolute atomic E-state index is 0.0671. The first kappa shape index (κ1) is 29.1. The molecule has 1 aromatic heterocycles. The molecule has 1 amide bonds. The summed E-state index contributed by atoms with van der Waals surface area (Å²) in [6, 6.07) is 36.6. The summed E-state index contributed by atoms with van der Waals surface area (Å²) in [6.07, 6.45) is 0.795. The van der Waals surface area contributed by atoms with Gasteiger partial charge in [0.25, 0.3) is 0 Å². The number of hydrogen-bond donors (Lipinski definition) is 0. The number of ether oxygens (including phenoxy) is 1. The van der Waals surface area contributed by atoms with E-state index in [-0.39, 0.29) is 11.7 Å². The summed E-state index contributed by atoms with van der Waals surface area (Å²) in [5.41, 5.74) is 5.45. The Labute approximate surface area is 252 Å². The topological polar surface area (TPSA) is 60.3 Å². The van der Waals surface area contributed by atoms with E-state index in [9.17, 15) is 4.79 Å². The average Bonchev–Trinajstić information content (AvgIpc) is 3.46. The van der Waals surface area contributed by atoms with Crippen LogP contribution in [-0.4, -0.2) is 45.0 Å². The average molecular weight is 577 g/mol. The van der Waals surface area contributed by atoms with Crippen molar-refractivity contribution >= 4 is 17.7 Å². The standard InChI is InChI=1S/C35H36N4O2S/c1-26(2)31-16-10-11-17-32(31)39-34(29-18-20-30(41-3)21-19-29)36-37-35(39)42-25-33(40)38(24-28-14-8-5-9-15-28)23-22-27-12-6-4-7-13-27/h4-21,26H,22-25H2,1-3H3. The molecule has 214 valence electrons. The van der Waals surface area contributed by atoms with E-state index in [2.05, 4.69) is 71.1 Å². The SMILES string of the molecule is COc1ccc(-c2nnc(SCC(=O)N(CCc3ccccc3)Cc3ccccc3)n2-c2ccccc2C(C)C)cc1. The predicted molar refractivity (Wildman–Crippen MR) is 170 cm³/mol. The van der Waals surface area contributed by atoms with Crippen molar-refractivity contribution in [1.82, 2.24) is 19.7 Å². The van der Waals surface area contributed by atoms with Crippen LogP contribution in [0.2, 0.25) is 0 Å². The third kappa shape index (κ3) is 7.09. The van der Waals surface area contributed by atoms with Crippen LogP contribution in [0.5, 0.6) is 5.75 Å². The highest BCUT2D eigenvalue weighted by molar-refractivity contribution is 7.99. The molecule has 0 aliphatic heterocycles. The lowest BCUT2D eigenvalue weighted by Gasteiger charge is -2.23. The third-order valence-corrected chi connectivity index (χ3v) is 8.10. The zero-order chi connectivity index (χ0) is 29.3. The Bertz CT molecular complexity index is 1580. The van der Waals surface area contributed by atoms with Crippen molar-refractivity contribution < 1.29 is 9.53 Å². The Morgan fingerprint density at radius 2 is 1.48 bits per heavy atom. The quantitative estimate of drug-likeness (QED) is 0.145. The summed E-state index contributed by atoms with van der Waals surface area (Å²) in [6.45, 7) is 5.56. The van der Waals surface area contributed by atoms with Gasteiger partial charge >= 0.3 is 0 Å². The van der Waals surface area contributed by atoms with E-state index in [1.54, 1.807) is 7.11 Å². The molecule has 0 saturated heterocycles. The van der Waals surface area contributed by atoms with Gasteiger partial charge in [-0.05, 0) is 59.4 Å². The first-order chi connectivity index (χ1) is 20.5. The fraction of sp³-hybridized carbons (Fsp3) is 0.229. The summed E-state index contributed by atoms with van der Waals surface area (Å²) in [7, 11) is 1.66. The Morgan fingerprint density at radius 1 is 0.833 bits per heavy atom. The Morgan fingerprint density at radius 3 is 2.14 bits per heavy atom. The maximum Gasteiger partial charge on any atom is 0.233 e. The molecule has 0 spiro atoms. The first-order valence-electron chi connectivity index (χ1n) is 14.2. The monoisotopic (exact) mass is 576 g/mol. The molecule has 5 aromatic rings. The van der Waals surface area contributed by atoms with Gasteiger partial charge in [-0.15, -0.1) is 10.2 Å². The second-order valence-corrected chi connectivity index (χ2v) is 11.4. The van der Waals surface area contributed by atoms with E-state index >= 15 is 0 Å². The molecule has 0 bridgehead atoms. The predicted octanol–water partition coefficient (Wildman–Crippen LogP) is 7.43. The van der Waals surface area contributed by atoms with Gasteiger partial charge in [-0.25, -0.2) is 0 Å². The van der Waals surface area contributed by atoms with E-state index in [1.165, 1.54) is 22.9 Å². The number of nitrogens with zero attached hydrogens (tertiary/aromatic N) is 4. The van der Waals surface area contributed by atoms with Crippen molar-refractivity contribution in [3.05, 3.63) is 126 Å². The van der Waals surface area contributed by atoms with Crippen LogP contribution in [0.4, 0.5) is 0 Å². The van der Waals surface area contributed by atoms with Gasteiger partial charge in [-0.2, -0.15) is 0 Å². The Kier molecular flexibility index (Phi) is 9.72. The molecule has 0 fully saturated rings. The molecule has 0 atom stereocenters. The fourth-order valence-electron chi connectivity index (χ4n) is 4.91. The summed E-state index contributed by atoms with van der Waals surface area (Å²) >= 11 is 1.43. The smallest absolute Gasteiger partial charge is 0.233 e. The normalized spacial score (nSPS) is 11.0. The van der Waals surface area contributed by atoms with Crippen LogP contribution in [0.25, 0.3) is 17.1 Å². The molecule has 0 N–H and O–H groups in total. The van der Waals surface area contributed by atoms with Gasteiger partial charge in [-0.1, -0.05) is 104 Å². The molecule has 5 rings (SSSR count). The van der Waals surface area contributed by atoms with Gasteiger partial charge in [0, 0.05) is 18.7 Å². The molecule has 0 aliphatic carbocycles. The molecular weight excluding hydrogens is 540 g/mol. The maximum absolute atomic E-state index is 13.7. The number of benzene rings is 4. The molecule has 0 aliphatic rings. The van der Waals surface area contributed by atoms with Gasteiger partial charge < -0.3 is 9.64 Å². The molecular formula is C35H36N4O2S. The molecule has 4 aromatic carbocycles. The number of hydrogen-bond acceptors (Lipinski definition) is 5. The van der Waals surface area contributed by atoms with Crippen LogP contribution in [0, 0.1) is 0 Å². The molecule has 1 heterocycles. The number of para-hydroxylation sites is 1. The Hall–Kier alpha value is -4.36. The van der Waals surface area contributed by atoms with E-state index in [4.69, 9.17) is 4.74 Å². The van der Waals surface area contributed by atoms with Crippen LogP contribution >= 0.6 is 11.8 Å². The van der Waals surface area contributed by atoms with Crippen molar-refractivity contribution in [2.75, 3.05) is 19.4 Å². The maximum atomic E-state index is 13.7. The summed E-state index contributed by atoms with van der Waals surface area (Å²) < 4.78 is 7.45. The number of amides is 1. The van der Waals surface area contributed by atoms with E-state index in [0.717, 1.165) is 34.8 Å². The van der Waals surface area contributed by atoms with Crippen molar-refractivity contribution in [3.63, 3.8) is 0 Å². The fourth-order valence-corrected chi connectivity index (χ4v) is 5.76. The van der Waals surface area contributed by atoms with Crippen LogP contribution in [0.3, 0.4) is 0 Å². The molecule has 6 nitrogen and oxygen atoms in total. The van der Waals surface area contributed by atoms with E-state index < -0.39 is 0 Å². The molecule has 42 heavy (non-hydrogen) atoms. The lowest BCUT2D eigenvalue weighted by Crippen LogP contribution is -2.34. The van der Waals surface area contributed by atoms with Crippen molar-refractivity contribution in [3.8, 4) is 22.8 Å². The highest BCUT2D eigenvalue weighted by atomic mass is 32.2. The highest BCUT2D eigenvalue weighted by Gasteiger charge is 2.22. The Balaban J connectivity index is 1.43. The van der Waals surface area contributed by atoms with Crippen LogP contribution in [0.1, 0.15) is 36.5 Å². The van der Waals surface area contributed by atoms with Gasteiger partial charge in [0.1, 0.15) is 5.75 Å². The van der Waals surface area contributed by atoms with Gasteiger partial charge in [0.2, 0.25) is 5.91 Å². The summed E-state index contributed by atoms with van der Waals surface area (Å²) in [5.74, 6) is 2.13. The zero-order valence-electron chi connectivity index (χ0n) is 24.3. The van der Waals surface area contributed by atoms with Gasteiger partial charge in [-0.3, -0.25) is 9.36 Å². The van der Waals surface area contributed by atoms with Crippen LogP contribution in [-0.2, 0) is 17.8 Å². The number of carbonyl (C=O) groups excluding carboxylic acids is 1. The number of thioether (sulfide) groups is 1. The molecule has 0 unspecified atom stereocenters. The second kappa shape index (κ2) is 14.0. The summed E-state index contributed by atoms with van der Waals surface area (Å²) in [5, 5.41) is 9.89. The minimum Gasteiger partial charge on any atom is -0.497 e. The van der Waals surface area contributed by atoms with Crippen LogP contribution < -0.4 is 4.74 Å². The van der Waals surface area contributed by atoms with E-state index in [0.29, 0.717) is 24.2 Å². The number of rotatable bonds is 12. The number of methoxy groups -OCH3 is 1. The van der Waals surface area contributed by atoms with Crippen molar-refractivity contribution in [1.29, 1.82) is 0 Å². The summed E-state index contributed by atoms with van der Waals surface area (Å²) in [4.78, 5) is 15.7. The molecule has 0 radical (unpaired) electrons. The molecule has 0 saturated carbocycles. The van der Waals surface area contributed by atoms with E-state index in [1.807, 2.05) is 71.6 Å². The minimum atomic E-state index is 0.0671. The van der Waals surface area contributed by atoms with Crippen LogP contribution in [0.15, 0.2) is 114 Å². The number of carbonyl (C=O) groups is 1. The lowest BCUT2D eigenvalue weighted by molar-refractivity contribution is -0.128. The highest BCUT2D eigenvalue weighted by Crippen LogP contribution is 2.33. The van der Waals surface area contributed by atoms with Crippen molar-refractivity contribution in [2.24, 2.45) is 0 Å². The zero-order valence-corrected chi connectivity index (χ0v) is 25.1. The number of aromatic nitrogens is 3.